The normalized spacial score (nSPS) is 23.5. The smallest absolute Gasteiger partial charge is 0.147 e. The summed E-state index contributed by atoms with van der Waals surface area (Å²) in [6, 6.07) is 8.99. The van der Waals surface area contributed by atoms with Gasteiger partial charge >= 0.3 is 0 Å². The molecule has 0 spiro atoms. The van der Waals surface area contributed by atoms with E-state index in [0.29, 0.717) is 6.04 Å². The second-order valence-electron chi connectivity index (χ2n) is 6.19. The van der Waals surface area contributed by atoms with E-state index < -0.39 is 0 Å². The van der Waals surface area contributed by atoms with Gasteiger partial charge in [0.25, 0.3) is 0 Å². The van der Waals surface area contributed by atoms with Gasteiger partial charge in [0.2, 0.25) is 0 Å². The van der Waals surface area contributed by atoms with Crippen molar-refractivity contribution in [3.63, 3.8) is 0 Å². The first kappa shape index (κ1) is 12.2. The number of aromatic nitrogens is 3. The van der Waals surface area contributed by atoms with E-state index in [1.54, 1.807) is 0 Å². The number of hydrogen-bond acceptors (Lipinski definition) is 4. The van der Waals surface area contributed by atoms with Crippen LogP contribution in [0.1, 0.15) is 0 Å². The quantitative estimate of drug-likeness (QED) is 0.758. The summed E-state index contributed by atoms with van der Waals surface area (Å²) >= 11 is 0. The summed E-state index contributed by atoms with van der Waals surface area (Å²) in [6.45, 7) is 3.26. The standard InChI is InChI=1S/C17H17N5/c1-2-12(13-4-5-19-14(13)3-1)15-7-18-8-17(21-15)22-9-11-6-20-16(11)10-22/h1-5,7-8,11,16,19-20H,6,9-10H2/t11-,16+/m0/s1. The maximum absolute atomic E-state index is 4.87. The minimum atomic E-state index is 0.638. The van der Waals surface area contributed by atoms with E-state index in [1.807, 2.05) is 18.6 Å². The molecule has 5 nitrogen and oxygen atoms in total. The summed E-state index contributed by atoms with van der Waals surface area (Å²) in [5.74, 6) is 1.76. The number of aromatic amines is 1. The molecule has 5 heteroatoms. The monoisotopic (exact) mass is 291 g/mol. The fraction of sp³-hybridized carbons (Fsp3) is 0.294. The predicted octanol–water partition coefficient (Wildman–Crippen LogP) is 2.03. The molecule has 2 aliphatic rings. The van der Waals surface area contributed by atoms with Crippen LogP contribution in [0.15, 0.2) is 42.9 Å². The molecule has 5 rings (SSSR count). The molecule has 2 saturated heterocycles. The van der Waals surface area contributed by atoms with E-state index in [-0.39, 0.29) is 0 Å². The average Bonchev–Trinajstić information content (AvgIpc) is 3.12. The third-order valence-electron chi connectivity index (χ3n) is 4.90. The Morgan fingerprint density at radius 2 is 2.14 bits per heavy atom. The van der Waals surface area contributed by atoms with Crippen molar-refractivity contribution in [1.82, 2.24) is 20.3 Å². The molecule has 110 valence electrons. The SMILES string of the molecule is c1cc(-c2cncc(N3C[C@@H]4CN[C@@H]4C3)n2)c2cc[nH]c2c1. The van der Waals surface area contributed by atoms with E-state index in [1.165, 1.54) is 5.39 Å². The van der Waals surface area contributed by atoms with Crippen molar-refractivity contribution in [2.24, 2.45) is 5.92 Å². The largest absolute Gasteiger partial charge is 0.361 e. The van der Waals surface area contributed by atoms with Crippen molar-refractivity contribution in [3.05, 3.63) is 42.9 Å². The van der Waals surface area contributed by atoms with E-state index in [4.69, 9.17) is 4.98 Å². The van der Waals surface area contributed by atoms with Crippen LogP contribution in [0.4, 0.5) is 5.82 Å². The zero-order chi connectivity index (χ0) is 14.5. The summed E-state index contributed by atoms with van der Waals surface area (Å²) in [5.41, 5.74) is 3.21. The Balaban J connectivity index is 1.55. The van der Waals surface area contributed by atoms with Gasteiger partial charge in [-0.2, -0.15) is 0 Å². The summed E-state index contributed by atoms with van der Waals surface area (Å²) < 4.78 is 0. The molecular formula is C17H17N5. The van der Waals surface area contributed by atoms with Gasteiger partial charge in [-0.25, -0.2) is 4.98 Å². The van der Waals surface area contributed by atoms with Crippen LogP contribution in [0, 0.1) is 5.92 Å². The van der Waals surface area contributed by atoms with E-state index in [0.717, 1.165) is 48.1 Å². The van der Waals surface area contributed by atoms with Gasteiger partial charge in [-0.1, -0.05) is 12.1 Å². The second-order valence-corrected chi connectivity index (χ2v) is 6.19. The second kappa shape index (κ2) is 4.55. The molecular weight excluding hydrogens is 274 g/mol. The molecule has 22 heavy (non-hydrogen) atoms. The molecule has 4 heterocycles. The molecule has 2 N–H and O–H groups in total. The molecule has 0 bridgehead atoms. The summed E-state index contributed by atoms with van der Waals surface area (Å²) in [7, 11) is 0. The molecule has 2 atom stereocenters. The Morgan fingerprint density at radius 1 is 1.14 bits per heavy atom. The van der Waals surface area contributed by atoms with Crippen LogP contribution in [0.5, 0.6) is 0 Å². The Kier molecular flexibility index (Phi) is 2.52. The summed E-state index contributed by atoms with van der Waals surface area (Å²) in [4.78, 5) is 14.9. The molecule has 0 unspecified atom stereocenters. The van der Waals surface area contributed by atoms with Crippen LogP contribution in [-0.4, -0.2) is 40.6 Å². The lowest BCUT2D eigenvalue weighted by atomic mass is 9.96. The Morgan fingerprint density at radius 3 is 2.95 bits per heavy atom. The van der Waals surface area contributed by atoms with Crippen molar-refractivity contribution in [3.8, 4) is 11.3 Å². The minimum absolute atomic E-state index is 0.638. The first-order valence-corrected chi connectivity index (χ1v) is 7.75. The topological polar surface area (TPSA) is 56.8 Å². The summed E-state index contributed by atoms with van der Waals surface area (Å²) in [5, 5.41) is 4.67. The Hall–Kier alpha value is -2.40. The van der Waals surface area contributed by atoms with Gasteiger partial charge in [0.05, 0.1) is 18.1 Å². The zero-order valence-corrected chi connectivity index (χ0v) is 12.2. The molecule has 0 aliphatic carbocycles. The number of nitrogens with zero attached hydrogens (tertiary/aromatic N) is 3. The number of anilines is 1. The third kappa shape index (κ3) is 1.75. The summed E-state index contributed by atoms with van der Waals surface area (Å²) in [6.07, 6.45) is 5.70. The highest BCUT2D eigenvalue weighted by molar-refractivity contribution is 5.94. The van der Waals surface area contributed by atoms with Gasteiger partial charge in [-0.3, -0.25) is 4.98 Å². The molecule has 2 aliphatic heterocycles. The highest BCUT2D eigenvalue weighted by Crippen LogP contribution is 2.30. The van der Waals surface area contributed by atoms with Crippen LogP contribution in [0.25, 0.3) is 22.2 Å². The first-order valence-electron chi connectivity index (χ1n) is 7.75. The minimum Gasteiger partial charge on any atom is -0.361 e. The third-order valence-corrected chi connectivity index (χ3v) is 4.90. The maximum Gasteiger partial charge on any atom is 0.147 e. The van der Waals surface area contributed by atoms with Gasteiger partial charge in [-0.15, -0.1) is 0 Å². The van der Waals surface area contributed by atoms with Crippen molar-refractivity contribution >= 4 is 16.7 Å². The average molecular weight is 291 g/mol. The Bertz CT molecular complexity index is 828. The molecule has 0 amide bonds. The molecule has 1 aromatic carbocycles. The van der Waals surface area contributed by atoms with Crippen molar-refractivity contribution in [1.29, 1.82) is 0 Å². The fourth-order valence-electron chi connectivity index (χ4n) is 3.59. The molecule has 2 fully saturated rings. The Labute approximate surface area is 128 Å². The fourth-order valence-corrected chi connectivity index (χ4v) is 3.59. The van der Waals surface area contributed by atoms with Crippen LogP contribution in [0.2, 0.25) is 0 Å². The van der Waals surface area contributed by atoms with E-state index in [9.17, 15) is 0 Å². The van der Waals surface area contributed by atoms with Gasteiger partial charge < -0.3 is 15.2 Å². The molecule has 3 aromatic rings. The van der Waals surface area contributed by atoms with Crippen molar-refractivity contribution < 1.29 is 0 Å². The number of hydrogen-bond donors (Lipinski definition) is 2. The van der Waals surface area contributed by atoms with Crippen LogP contribution in [0.3, 0.4) is 0 Å². The van der Waals surface area contributed by atoms with E-state index >= 15 is 0 Å². The molecule has 2 aromatic heterocycles. The molecule has 0 saturated carbocycles. The number of H-pyrrole nitrogens is 1. The lowest BCUT2D eigenvalue weighted by Gasteiger charge is -2.29. The van der Waals surface area contributed by atoms with Crippen molar-refractivity contribution in [2.75, 3.05) is 24.5 Å². The van der Waals surface area contributed by atoms with Crippen LogP contribution in [-0.2, 0) is 0 Å². The highest BCUT2D eigenvalue weighted by Gasteiger charge is 2.39. The van der Waals surface area contributed by atoms with Gasteiger partial charge in [0.1, 0.15) is 5.82 Å². The highest BCUT2D eigenvalue weighted by atomic mass is 15.3. The van der Waals surface area contributed by atoms with Gasteiger partial charge in [0, 0.05) is 54.3 Å². The molecule has 0 radical (unpaired) electrons. The number of nitrogens with one attached hydrogen (secondary N) is 2. The van der Waals surface area contributed by atoms with Gasteiger partial charge in [0.15, 0.2) is 0 Å². The lowest BCUT2D eigenvalue weighted by Crippen LogP contribution is -2.51. The van der Waals surface area contributed by atoms with Gasteiger partial charge in [-0.05, 0) is 12.1 Å². The predicted molar refractivity (Wildman–Crippen MR) is 86.8 cm³/mol. The first-order chi connectivity index (χ1) is 10.9. The van der Waals surface area contributed by atoms with E-state index in [2.05, 4.69) is 44.5 Å². The van der Waals surface area contributed by atoms with Crippen LogP contribution >= 0.6 is 0 Å². The van der Waals surface area contributed by atoms with Crippen LogP contribution < -0.4 is 10.2 Å². The van der Waals surface area contributed by atoms with Crippen molar-refractivity contribution in [2.45, 2.75) is 6.04 Å². The lowest BCUT2D eigenvalue weighted by molar-refractivity contribution is 0.297. The zero-order valence-electron chi connectivity index (χ0n) is 12.2. The number of rotatable bonds is 2. The number of fused-ring (bicyclic) bond motifs is 2. The number of benzene rings is 1. The maximum atomic E-state index is 4.87.